The van der Waals surface area contributed by atoms with E-state index in [0.29, 0.717) is 11.3 Å². The molecule has 1 saturated heterocycles. The maximum Gasteiger partial charge on any atom is 0.252 e. The second-order valence-electron chi connectivity index (χ2n) is 9.30. The van der Waals surface area contributed by atoms with E-state index >= 15 is 0 Å². The quantitative estimate of drug-likeness (QED) is 0.244. The molecule has 200 valence electrons. The van der Waals surface area contributed by atoms with E-state index in [0.717, 1.165) is 55.8 Å². The molecule has 4 N–H and O–H groups in total. The zero-order valence-electron chi connectivity index (χ0n) is 21.0. The zero-order valence-corrected chi connectivity index (χ0v) is 21.8. The number of rotatable bonds is 8. The molecule has 0 bridgehead atoms. The van der Waals surface area contributed by atoms with E-state index < -0.39 is 23.0 Å². The summed E-state index contributed by atoms with van der Waals surface area (Å²) in [5.41, 5.74) is 7.54. The topological polar surface area (TPSA) is 100 Å². The number of likely N-dealkylation sites (tertiary alicyclic amines) is 1. The van der Waals surface area contributed by atoms with Gasteiger partial charge in [0.25, 0.3) is 5.91 Å². The maximum absolute atomic E-state index is 14.1. The van der Waals surface area contributed by atoms with Crippen molar-refractivity contribution in [1.29, 1.82) is 0 Å². The zero-order chi connectivity index (χ0) is 27.4. The third-order valence-electron chi connectivity index (χ3n) is 6.59. The number of anilines is 3. The molecule has 7 nitrogen and oxygen atoms in total. The molecule has 0 saturated carbocycles. The number of carbonyl (C=O) groups is 2. The number of nitrogen functional groups attached to an aromatic ring is 1. The Kier molecular flexibility index (Phi) is 7.94. The normalized spacial score (nSPS) is 15.6. The Hall–Kier alpha value is -4.15. The van der Waals surface area contributed by atoms with Gasteiger partial charge in [-0.15, -0.1) is 0 Å². The molecule has 0 aliphatic carbocycles. The van der Waals surface area contributed by atoms with Gasteiger partial charge in [0.1, 0.15) is 22.3 Å². The van der Waals surface area contributed by atoms with Crippen LogP contribution in [0.2, 0.25) is 0 Å². The number of thiazole rings is 1. The van der Waals surface area contributed by atoms with Gasteiger partial charge in [-0.2, -0.15) is 0 Å². The average molecular weight is 548 g/mol. The molecule has 0 radical (unpaired) electrons. The molecule has 1 atom stereocenters. The summed E-state index contributed by atoms with van der Waals surface area (Å²) in [6.45, 7) is 1.70. The van der Waals surface area contributed by atoms with Crippen LogP contribution in [0.5, 0.6) is 0 Å². The minimum absolute atomic E-state index is 0.0437. The summed E-state index contributed by atoms with van der Waals surface area (Å²) in [6, 6.07) is 20.2. The van der Waals surface area contributed by atoms with Crippen LogP contribution in [0.1, 0.15) is 50.4 Å². The van der Waals surface area contributed by atoms with Crippen molar-refractivity contribution < 1.29 is 18.4 Å². The molecular weight excluding hydrogens is 520 g/mol. The third-order valence-corrected chi connectivity index (χ3v) is 7.57. The van der Waals surface area contributed by atoms with E-state index in [1.54, 1.807) is 24.3 Å². The van der Waals surface area contributed by atoms with Crippen LogP contribution in [-0.4, -0.2) is 34.3 Å². The van der Waals surface area contributed by atoms with Crippen LogP contribution in [-0.2, 0) is 6.54 Å². The summed E-state index contributed by atoms with van der Waals surface area (Å²) >= 11 is 0.894. The number of carbonyl (C=O) groups excluding carboxylic acids is 2. The third kappa shape index (κ3) is 6.13. The number of nitrogens with zero attached hydrogens (tertiary/aromatic N) is 2. The average Bonchev–Trinajstić information content (AvgIpc) is 3.30. The standard InChI is InChI=1S/C29H27F2N5O2S/c30-21-9-6-10-22(31)24(21)25(37)26-27(32)35-29(39-26)33-20-14-12-19(13-15-20)28(38)34-23-11-4-5-16-36(23)17-18-7-2-1-3-8-18/h1-3,6-10,12-15,23H,4-5,11,16-17,32H2,(H,33,35)(H,34,38). The second kappa shape index (κ2) is 11.7. The number of hydrogen-bond donors (Lipinski definition) is 3. The van der Waals surface area contributed by atoms with Crippen LogP contribution in [0.3, 0.4) is 0 Å². The van der Waals surface area contributed by atoms with Gasteiger partial charge in [0, 0.05) is 24.3 Å². The van der Waals surface area contributed by atoms with Crippen molar-refractivity contribution in [3.05, 3.63) is 106 Å². The second-order valence-corrected chi connectivity index (χ2v) is 10.3. The Labute approximate surface area is 228 Å². The Morgan fingerprint density at radius 2 is 1.69 bits per heavy atom. The first-order valence-electron chi connectivity index (χ1n) is 12.6. The summed E-state index contributed by atoms with van der Waals surface area (Å²) in [5, 5.41) is 6.47. The number of benzene rings is 3. The van der Waals surface area contributed by atoms with E-state index in [1.807, 2.05) is 18.2 Å². The molecule has 1 aliphatic heterocycles. The SMILES string of the molecule is Nc1nc(Nc2ccc(C(=O)NC3CCCCN3Cc3ccccc3)cc2)sc1C(=O)c1c(F)cccc1F. The molecule has 1 amide bonds. The lowest BCUT2D eigenvalue weighted by Gasteiger charge is -2.36. The first kappa shape index (κ1) is 26.5. The molecule has 3 aromatic carbocycles. The fourth-order valence-electron chi connectivity index (χ4n) is 4.60. The van der Waals surface area contributed by atoms with Crippen LogP contribution in [0.25, 0.3) is 0 Å². The Bertz CT molecular complexity index is 1460. The molecule has 4 aromatic rings. The van der Waals surface area contributed by atoms with Gasteiger partial charge in [-0.25, -0.2) is 13.8 Å². The minimum Gasteiger partial charge on any atom is -0.382 e. The molecule has 1 unspecified atom stereocenters. The number of halogens is 2. The van der Waals surface area contributed by atoms with Gasteiger partial charge in [0.15, 0.2) is 5.13 Å². The Morgan fingerprint density at radius 3 is 2.41 bits per heavy atom. The molecular formula is C29H27F2N5O2S. The van der Waals surface area contributed by atoms with Crippen molar-refractivity contribution in [3.8, 4) is 0 Å². The van der Waals surface area contributed by atoms with Crippen LogP contribution in [0.4, 0.5) is 25.4 Å². The summed E-state index contributed by atoms with van der Waals surface area (Å²) in [7, 11) is 0. The summed E-state index contributed by atoms with van der Waals surface area (Å²) in [4.78, 5) is 32.1. The molecule has 1 aromatic heterocycles. The van der Waals surface area contributed by atoms with Gasteiger partial charge in [-0.3, -0.25) is 14.5 Å². The highest BCUT2D eigenvalue weighted by Gasteiger charge is 2.25. The highest BCUT2D eigenvalue weighted by atomic mass is 32.1. The van der Waals surface area contributed by atoms with E-state index in [-0.39, 0.29) is 27.9 Å². The first-order chi connectivity index (χ1) is 18.9. The molecule has 1 fully saturated rings. The Morgan fingerprint density at radius 1 is 0.974 bits per heavy atom. The number of ketones is 1. The van der Waals surface area contributed by atoms with Crippen molar-refractivity contribution in [2.24, 2.45) is 0 Å². The smallest absolute Gasteiger partial charge is 0.252 e. The molecule has 0 spiro atoms. The Balaban J connectivity index is 1.23. The van der Waals surface area contributed by atoms with Gasteiger partial charge >= 0.3 is 0 Å². The van der Waals surface area contributed by atoms with Crippen molar-refractivity contribution in [2.75, 3.05) is 17.6 Å². The highest BCUT2D eigenvalue weighted by Crippen LogP contribution is 2.31. The van der Waals surface area contributed by atoms with Crippen LogP contribution >= 0.6 is 11.3 Å². The number of aromatic nitrogens is 1. The van der Waals surface area contributed by atoms with Crippen LogP contribution in [0.15, 0.2) is 72.8 Å². The first-order valence-corrected chi connectivity index (χ1v) is 13.4. The van der Waals surface area contributed by atoms with E-state index in [1.165, 1.54) is 11.6 Å². The van der Waals surface area contributed by atoms with Gasteiger partial charge in [-0.05, 0) is 61.2 Å². The number of amides is 1. The molecule has 39 heavy (non-hydrogen) atoms. The van der Waals surface area contributed by atoms with Gasteiger partial charge in [0.2, 0.25) is 5.78 Å². The lowest BCUT2D eigenvalue weighted by molar-refractivity contribution is 0.0753. The van der Waals surface area contributed by atoms with Gasteiger partial charge in [-0.1, -0.05) is 47.7 Å². The molecule has 2 heterocycles. The van der Waals surface area contributed by atoms with Crippen LogP contribution < -0.4 is 16.4 Å². The number of nitrogens with two attached hydrogens (primary N) is 1. The predicted octanol–water partition coefficient (Wildman–Crippen LogP) is 5.72. The predicted molar refractivity (Wildman–Crippen MR) is 148 cm³/mol. The fourth-order valence-corrected chi connectivity index (χ4v) is 5.45. The number of hydrogen-bond acceptors (Lipinski definition) is 7. The monoisotopic (exact) mass is 547 g/mol. The molecule has 1 aliphatic rings. The van der Waals surface area contributed by atoms with E-state index in [9.17, 15) is 18.4 Å². The van der Waals surface area contributed by atoms with Crippen LogP contribution in [0, 0.1) is 11.6 Å². The summed E-state index contributed by atoms with van der Waals surface area (Å²) in [6.07, 6.45) is 3.01. The van der Waals surface area contributed by atoms with Crippen molar-refractivity contribution >= 4 is 39.7 Å². The lowest BCUT2D eigenvalue weighted by Crippen LogP contribution is -2.50. The summed E-state index contributed by atoms with van der Waals surface area (Å²) < 4.78 is 28.1. The maximum atomic E-state index is 14.1. The van der Waals surface area contributed by atoms with Crippen molar-refractivity contribution in [1.82, 2.24) is 15.2 Å². The minimum atomic E-state index is -0.965. The fraction of sp³-hybridized carbons (Fsp3) is 0.207. The van der Waals surface area contributed by atoms with Gasteiger partial charge < -0.3 is 16.4 Å². The van der Waals surface area contributed by atoms with E-state index in [2.05, 4.69) is 32.7 Å². The van der Waals surface area contributed by atoms with E-state index in [4.69, 9.17) is 5.73 Å². The van der Waals surface area contributed by atoms with Crippen molar-refractivity contribution in [3.63, 3.8) is 0 Å². The summed E-state index contributed by atoms with van der Waals surface area (Å²) in [5.74, 6) is -3.09. The number of piperidine rings is 1. The largest absolute Gasteiger partial charge is 0.382 e. The highest BCUT2D eigenvalue weighted by molar-refractivity contribution is 7.18. The molecule has 10 heteroatoms. The lowest BCUT2D eigenvalue weighted by atomic mass is 10.1. The molecule has 5 rings (SSSR count). The number of nitrogens with one attached hydrogen (secondary N) is 2. The van der Waals surface area contributed by atoms with Gasteiger partial charge in [0.05, 0.1) is 11.7 Å². The van der Waals surface area contributed by atoms with Crippen molar-refractivity contribution in [2.45, 2.75) is 32.0 Å².